The lowest BCUT2D eigenvalue weighted by Gasteiger charge is -2.35. The van der Waals surface area contributed by atoms with Gasteiger partial charge >= 0.3 is 0 Å². The Morgan fingerprint density at radius 2 is 2.00 bits per heavy atom. The highest BCUT2D eigenvalue weighted by Gasteiger charge is 2.26. The van der Waals surface area contributed by atoms with E-state index < -0.39 is 6.10 Å². The molecule has 1 aliphatic heterocycles. The van der Waals surface area contributed by atoms with Crippen LogP contribution in [0.1, 0.15) is 24.4 Å². The predicted octanol–water partition coefficient (Wildman–Crippen LogP) is 1.83. The first-order chi connectivity index (χ1) is 10.2. The van der Waals surface area contributed by atoms with E-state index in [2.05, 4.69) is 21.4 Å². The topological polar surface area (TPSA) is 50.5 Å². The quantitative estimate of drug-likeness (QED) is 0.932. The molecule has 2 unspecified atom stereocenters. The third-order valence-corrected chi connectivity index (χ3v) is 4.26. The molecule has 0 bridgehead atoms. The molecule has 0 aliphatic carbocycles. The van der Waals surface area contributed by atoms with Crippen LogP contribution >= 0.6 is 0 Å². The van der Waals surface area contributed by atoms with Gasteiger partial charge in [-0.3, -0.25) is 4.90 Å². The molecule has 1 N–H and O–H groups in total. The molecule has 0 saturated heterocycles. The van der Waals surface area contributed by atoms with Crippen molar-refractivity contribution in [1.29, 1.82) is 0 Å². The SMILES string of the molecule is COc1ccc(C(O)C(C)N2CCn3ccnc3C2)cc1. The highest BCUT2D eigenvalue weighted by molar-refractivity contribution is 5.29. The normalized spacial score (nSPS) is 18.0. The number of aliphatic hydroxyl groups is 1. The Morgan fingerprint density at radius 1 is 1.24 bits per heavy atom. The van der Waals surface area contributed by atoms with Crippen LogP contribution in [-0.2, 0) is 13.1 Å². The fraction of sp³-hybridized carbons (Fsp3) is 0.438. The maximum atomic E-state index is 10.6. The predicted molar refractivity (Wildman–Crippen MR) is 80.1 cm³/mol. The first-order valence-corrected chi connectivity index (χ1v) is 7.25. The van der Waals surface area contributed by atoms with Gasteiger partial charge in [-0.15, -0.1) is 0 Å². The summed E-state index contributed by atoms with van der Waals surface area (Å²) in [6, 6.07) is 7.65. The van der Waals surface area contributed by atoms with Crippen LogP contribution in [0.2, 0.25) is 0 Å². The molecule has 21 heavy (non-hydrogen) atoms. The van der Waals surface area contributed by atoms with Gasteiger partial charge in [-0.05, 0) is 24.6 Å². The molecule has 3 rings (SSSR count). The van der Waals surface area contributed by atoms with Crippen LogP contribution in [0.15, 0.2) is 36.7 Å². The largest absolute Gasteiger partial charge is 0.497 e. The second-order valence-electron chi connectivity index (χ2n) is 5.47. The summed E-state index contributed by atoms with van der Waals surface area (Å²) in [5.74, 6) is 1.87. The molecule has 1 aliphatic rings. The molecule has 0 saturated carbocycles. The number of methoxy groups -OCH3 is 1. The van der Waals surface area contributed by atoms with Crippen molar-refractivity contribution in [3.05, 3.63) is 48.0 Å². The van der Waals surface area contributed by atoms with Crippen molar-refractivity contribution in [2.45, 2.75) is 32.2 Å². The zero-order valence-corrected chi connectivity index (χ0v) is 12.4. The van der Waals surface area contributed by atoms with E-state index in [0.29, 0.717) is 0 Å². The smallest absolute Gasteiger partial charge is 0.122 e. The Balaban J connectivity index is 1.71. The lowest BCUT2D eigenvalue weighted by molar-refractivity contribution is 0.0416. The molecule has 0 fully saturated rings. The first kappa shape index (κ1) is 14.1. The van der Waals surface area contributed by atoms with Crippen LogP contribution in [0.3, 0.4) is 0 Å². The molecule has 1 aromatic carbocycles. The maximum Gasteiger partial charge on any atom is 0.122 e. The summed E-state index contributed by atoms with van der Waals surface area (Å²) in [6.45, 7) is 4.70. The van der Waals surface area contributed by atoms with E-state index in [4.69, 9.17) is 4.74 Å². The minimum atomic E-state index is -0.516. The van der Waals surface area contributed by atoms with Gasteiger partial charge in [-0.25, -0.2) is 4.98 Å². The second-order valence-corrected chi connectivity index (χ2v) is 5.47. The number of nitrogens with zero attached hydrogens (tertiary/aromatic N) is 3. The van der Waals surface area contributed by atoms with Gasteiger partial charge < -0.3 is 14.4 Å². The van der Waals surface area contributed by atoms with Gasteiger partial charge in [-0.1, -0.05) is 12.1 Å². The highest BCUT2D eigenvalue weighted by atomic mass is 16.5. The van der Waals surface area contributed by atoms with Gasteiger partial charge in [0.25, 0.3) is 0 Å². The summed E-state index contributed by atoms with van der Waals surface area (Å²) < 4.78 is 7.32. The Kier molecular flexibility index (Phi) is 3.94. The molecule has 0 radical (unpaired) electrons. The number of benzene rings is 1. The minimum absolute atomic E-state index is 0.0452. The maximum absolute atomic E-state index is 10.6. The van der Waals surface area contributed by atoms with Gasteiger partial charge in [0.15, 0.2) is 0 Å². The van der Waals surface area contributed by atoms with Crippen molar-refractivity contribution in [3.8, 4) is 5.75 Å². The molecule has 2 aromatic rings. The standard InChI is InChI=1S/C16H21N3O2/c1-12(16(20)13-3-5-14(21-2)6-4-13)19-10-9-18-8-7-17-15(18)11-19/h3-8,12,16,20H,9-11H2,1-2H3. The molecule has 0 spiro atoms. The summed E-state index contributed by atoms with van der Waals surface area (Å²) >= 11 is 0. The Hall–Kier alpha value is -1.85. The van der Waals surface area contributed by atoms with Crippen LogP contribution in [0.5, 0.6) is 5.75 Å². The fourth-order valence-electron chi connectivity index (χ4n) is 2.82. The van der Waals surface area contributed by atoms with Gasteiger partial charge in [0.2, 0.25) is 0 Å². The minimum Gasteiger partial charge on any atom is -0.497 e. The average molecular weight is 287 g/mol. The van der Waals surface area contributed by atoms with E-state index in [1.807, 2.05) is 36.7 Å². The Bertz CT molecular complexity index is 594. The lowest BCUT2D eigenvalue weighted by Crippen LogP contribution is -2.42. The molecule has 0 amide bonds. The number of fused-ring (bicyclic) bond motifs is 1. The number of aliphatic hydroxyl groups excluding tert-OH is 1. The number of rotatable bonds is 4. The van der Waals surface area contributed by atoms with E-state index in [1.54, 1.807) is 7.11 Å². The number of hydrogen-bond donors (Lipinski definition) is 1. The molecule has 2 heterocycles. The Labute approximate surface area is 124 Å². The van der Waals surface area contributed by atoms with Crippen LogP contribution in [0, 0.1) is 0 Å². The van der Waals surface area contributed by atoms with E-state index in [0.717, 1.165) is 36.8 Å². The third-order valence-electron chi connectivity index (χ3n) is 4.26. The molecule has 1 aromatic heterocycles. The molecule has 2 atom stereocenters. The highest BCUT2D eigenvalue weighted by Crippen LogP contribution is 2.25. The van der Waals surface area contributed by atoms with Crippen molar-refractivity contribution in [2.75, 3.05) is 13.7 Å². The van der Waals surface area contributed by atoms with Crippen molar-refractivity contribution in [3.63, 3.8) is 0 Å². The lowest BCUT2D eigenvalue weighted by atomic mass is 10.0. The van der Waals surface area contributed by atoms with Crippen molar-refractivity contribution in [2.24, 2.45) is 0 Å². The van der Waals surface area contributed by atoms with Gasteiger partial charge in [0.05, 0.1) is 19.8 Å². The zero-order chi connectivity index (χ0) is 14.8. The van der Waals surface area contributed by atoms with E-state index in [9.17, 15) is 5.11 Å². The molecule has 5 nitrogen and oxygen atoms in total. The summed E-state index contributed by atoms with van der Waals surface area (Å²) in [6.07, 6.45) is 3.33. The van der Waals surface area contributed by atoms with Crippen molar-refractivity contribution >= 4 is 0 Å². The summed E-state index contributed by atoms with van der Waals surface area (Å²) in [7, 11) is 1.64. The second kappa shape index (κ2) is 5.87. The summed E-state index contributed by atoms with van der Waals surface area (Å²) in [4.78, 5) is 6.64. The summed E-state index contributed by atoms with van der Waals surface area (Å²) in [5.41, 5.74) is 0.914. The van der Waals surface area contributed by atoms with Crippen LogP contribution in [-0.4, -0.2) is 39.3 Å². The van der Waals surface area contributed by atoms with Crippen LogP contribution in [0.25, 0.3) is 0 Å². The number of imidazole rings is 1. The number of ether oxygens (including phenoxy) is 1. The molecule has 112 valence electrons. The summed E-state index contributed by atoms with van der Waals surface area (Å²) in [5, 5.41) is 10.6. The van der Waals surface area contributed by atoms with Crippen LogP contribution in [0.4, 0.5) is 0 Å². The van der Waals surface area contributed by atoms with Crippen molar-refractivity contribution in [1.82, 2.24) is 14.5 Å². The monoisotopic (exact) mass is 287 g/mol. The fourth-order valence-corrected chi connectivity index (χ4v) is 2.82. The van der Waals surface area contributed by atoms with Gasteiger partial charge in [-0.2, -0.15) is 0 Å². The van der Waals surface area contributed by atoms with Crippen LogP contribution < -0.4 is 4.74 Å². The van der Waals surface area contributed by atoms with E-state index in [-0.39, 0.29) is 6.04 Å². The van der Waals surface area contributed by atoms with E-state index >= 15 is 0 Å². The molecular weight excluding hydrogens is 266 g/mol. The van der Waals surface area contributed by atoms with Crippen molar-refractivity contribution < 1.29 is 9.84 Å². The number of hydrogen-bond acceptors (Lipinski definition) is 4. The molecule has 5 heteroatoms. The Morgan fingerprint density at radius 3 is 2.71 bits per heavy atom. The molecular formula is C16H21N3O2. The van der Waals surface area contributed by atoms with E-state index in [1.165, 1.54) is 0 Å². The van der Waals surface area contributed by atoms with Gasteiger partial charge in [0, 0.05) is 31.5 Å². The first-order valence-electron chi connectivity index (χ1n) is 7.25. The third kappa shape index (κ3) is 2.80. The average Bonchev–Trinajstić information content (AvgIpc) is 3.01. The van der Waals surface area contributed by atoms with Gasteiger partial charge in [0.1, 0.15) is 11.6 Å². The zero-order valence-electron chi connectivity index (χ0n) is 12.4. The number of aromatic nitrogens is 2.